The van der Waals surface area contributed by atoms with E-state index < -0.39 is 5.54 Å². The van der Waals surface area contributed by atoms with Crippen LogP contribution in [0.15, 0.2) is 48.5 Å². The molecule has 2 heterocycles. The molecule has 1 aliphatic carbocycles. The molecule has 5 rings (SSSR count). The molecule has 0 bridgehead atoms. The minimum Gasteiger partial charge on any atom is -0.497 e. The van der Waals surface area contributed by atoms with Crippen LogP contribution in [0.25, 0.3) is 10.9 Å². The van der Waals surface area contributed by atoms with Crippen LogP contribution in [0.1, 0.15) is 74.8 Å². The van der Waals surface area contributed by atoms with E-state index >= 15 is 0 Å². The van der Waals surface area contributed by atoms with Crippen molar-refractivity contribution in [3.8, 4) is 5.75 Å². The van der Waals surface area contributed by atoms with Crippen LogP contribution in [-0.4, -0.2) is 35.1 Å². The summed E-state index contributed by atoms with van der Waals surface area (Å²) in [5.41, 5.74) is 2.36. The van der Waals surface area contributed by atoms with E-state index in [4.69, 9.17) is 4.74 Å². The van der Waals surface area contributed by atoms with Crippen LogP contribution in [0.5, 0.6) is 5.75 Å². The second kappa shape index (κ2) is 9.06. The zero-order valence-electron chi connectivity index (χ0n) is 21.1. The van der Waals surface area contributed by atoms with Crippen molar-refractivity contribution in [3.05, 3.63) is 59.8 Å². The summed E-state index contributed by atoms with van der Waals surface area (Å²) in [6.07, 6.45) is 5.47. The molecule has 6 heteroatoms. The number of rotatable bonds is 5. The molecule has 3 aromatic rings. The number of ether oxygens (including phenoxy) is 1. The first kappa shape index (κ1) is 23.5. The van der Waals surface area contributed by atoms with Gasteiger partial charge in [-0.05, 0) is 61.6 Å². The van der Waals surface area contributed by atoms with Gasteiger partial charge in [0.15, 0.2) is 0 Å². The summed E-state index contributed by atoms with van der Waals surface area (Å²) < 4.78 is 7.43. The van der Waals surface area contributed by atoms with Crippen LogP contribution in [-0.2, 0) is 11.3 Å². The summed E-state index contributed by atoms with van der Waals surface area (Å²) >= 11 is 0. The molecular weight excluding hydrogens is 438 g/mol. The molecular formula is C29H35N3O3. The van der Waals surface area contributed by atoms with Gasteiger partial charge in [0.2, 0.25) is 5.91 Å². The lowest BCUT2D eigenvalue weighted by Crippen LogP contribution is -2.65. The number of nitrogens with one attached hydrogen (secondary N) is 1. The van der Waals surface area contributed by atoms with Crippen LogP contribution < -0.4 is 15.0 Å². The lowest BCUT2D eigenvalue weighted by Gasteiger charge is -2.44. The van der Waals surface area contributed by atoms with Crippen molar-refractivity contribution in [3.63, 3.8) is 0 Å². The smallest absolute Gasteiger partial charge is 0.275 e. The van der Waals surface area contributed by atoms with E-state index in [1.807, 2.05) is 47.9 Å². The first-order chi connectivity index (χ1) is 16.8. The Morgan fingerprint density at radius 2 is 1.77 bits per heavy atom. The Labute approximate surface area is 207 Å². The number of methoxy groups -OCH3 is 1. The van der Waals surface area contributed by atoms with E-state index in [-0.39, 0.29) is 17.9 Å². The first-order valence-electron chi connectivity index (χ1n) is 12.7. The summed E-state index contributed by atoms with van der Waals surface area (Å²) in [4.78, 5) is 29.7. The van der Waals surface area contributed by atoms with Crippen molar-refractivity contribution in [1.29, 1.82) is 0 Å². The van der Waals surface area contributed by atoms with Gasteiger partial charge in [-0.25, -0.2) is 0 Å². The molecule has 1 aliphatic heterocycles. The Balaban J connectivity index is 1.61. The van der Waals surface area contributed by atoms with Gasteiger partial charge < -0.3 is 14.6 Å². The minimum absolute atomic E-state index is 0.0962. The Hall–Kier alpha value is -3.28. The number of hydrogen-bond acceptors (Lipinski definition) is 3. The third-order valence-corrected chi connectivity index (χ3v) is 7.74. The molecule has 0 unspecified atom stereocenters. The fourth-order valence-electron chi connectivity index (χ4n) is 5.60. The number of amides is 2. The molecule has 1 atom stereocenters. The fraction of sp³-hybridized carbons (Fsp3) is 0.448. The van der Waals surface area contributed by atoms with E-state index in [9.17, 15) is 9.59 Å². The van der Waals surface area contributed by atoms with Gasteiger partial charge in [-0.1, -0.05) is 45.2 Å². The first-order valence-corrected chi connectivity index (χ1v) is 12.7. The van der Waals surface area contributed by atoms with Crippen molar-refractivity contribution in [1.82, 2.24) is 9.88 Å². The van der Waals surface area contributed by atoms with Gasteiger partial charge in [0, 0.05) is 23.2 Å². The van der Waals surface area contributed by atoms with Gasteiger partial charge in [0.1, 0.15) is 17.0 Å². The Morgan fingerprint density at radius 1 is 1.06 bits per heavy atom. The number of benzene rings is 2. The van der Waals surface area contributed by atoms with Gasteiger partial charge in [-0.15, -0.1) is 0 Å². The average Bonchev–Trinajstić information content (AvgIpc) is 3.22. The summed E-state index contributed by atoms with van der Waals surface area (Å²) in [5, 5.41) is 4.26. The Kier molecular flexibility index (Phi) is 6.07. The molecule has 1 aromatic heterocycles. The fourth-order valence-corrected chi connectivity index (χ4v) is 5.60. The highest BCUT2D eigenvalue weighted by Crippen LogP contribution is 2.37. The Bertz CT molecular complexity index is 1250. The van der Waals surface area contributed by atoms with Gasteiger partial charge >= 0.3 is 0 Å². The number of hydrogen-bond donors (Lipinski definition) is 1. The lowest BCUT2D eigenvalue weighted by atomic mass is 9.90. The van der Waals surface area contributed by atoms with Crippen LogP contribution >= 0.6 is 0 Å². The quantitative estimate of drug-likeness (QED) is 0.521. The molecule has 184 valence electrons. The maximum absolute atomic E-state index is 14.1. The van der Waals surface area contributed by atoms with E-state index in [0.717, 1.165) is 48.0 Å². The van der Waals surface area contributed by atoms with Crippen molar-refractivity contribution in [2.24, 2.45) is 0 Å². The van der Waals surface area contributed by atoms with Crippen molar-refractivity contribution < 1.29 is 14.3 Å². The zero-order chi connectivity index (χ0) is 24.7. The van der Waals surface area contributed by atoms with Crippen LogP contribution in [0.3, 0.4) is 0 Å². The highest BCUT2D eigenvalue weighted by Gasteiger charge is 2.49. The van der Waals surface area contributed by atoms with Gasteiger partial charge in [0.25, 0.3) is 5.91 Å². The van der Waals surface area contributed by atoms with Gasteiger partial charge in [0.05, 0.1) is 19.2 Å². The topological polar surface area (TPSA) is 63.6 Å². The van der Waals surface area contributed by atoms with E-state index in [1.165, 1.54) is 12.0 Å². The summed E-state index contributed by atoms with van der Waals surface area (Å²) in [5.74, 6) is 0.858. The third-order valence-electron chi connectivity index (χ3n) is 7.74. The molecule has 35 heavy (non-hydrogen) atoms. The average molecular weight is 474 g/mol. The largest absolute Gasteiger partial charge is 0.497 e. The highest BCUT2D eigenvalue weighted by atomic mass is 16.5. The lowest BCUT2D eigenvalue weighted by molar-refractivity contribution is -0.127. The normalized spacial score (nSPS) is 20.8. The number of nitrogens with zero attached hydrogens (tertiary/aromatic N) is 2. The maximum Gasteiger partial charge on any atom is 0.275 e. The molecule has 2 amide bonds. The predicted molar refractivity (Wildman–Crippen MR) is 139 cm³/mol. The van der Waals surface area contributed by atoms with Crippen molar-refractivity contribution >= 4 is 28.4 Å². The second-order valence-corrected chi connectivity index (χ2v) is 10.5. The highest BCUT2D eigenvalue weighted by molar-refractivity contribution is 6.14. The Morgan fingerprint density at radius 3 is 2.43 bits per heavy atom. The second-order valence-electron chi connectivity index (χ2n) is 10.5. The predicted octanol–water partition coefficient (Wildman–Crippen LogP) is 5.64. The number of aromatic nitrogens is 1. The summed E-state index contributed by atoms with van der Waals surface area (Å²) in [6.45, 7) is 6.56. The zero-order valence-corrected chi connectivity index (χ0v) is 21.1. The summed E-state index contributed by atoms with van der Waals surface area (Å²) in [6, 6.07) is 16.0. The SMILES string of the molecule is COc1ccc2cc3n(c2c1)C[C@@](C)(C(=O)NC1CCCCC1)N(c1ccc(C(C)C)cc1)C3=O. The number of fused-ring (bicyclic) bond motifs is 3. The molecule has 0 radical (unpaired) electrons. The standard InChI is InChI=1S/C29H35N3O3/c1-19(2)20-10-13-23(14-11-20)32-27(33)26-16-21-12-15-24(35-4)17-25(21)31(26)18-29(32,3)28(34)30-22-8-6-5-7-9-22/h10-17,19,22H,5-9,18H2,1-4H3,(H,30,34)/t29-/m0/s1. The summed E-state index contributed by atoms with van der Waals surface area (Å²) in [7, 11) is 1.64. The van der Waals surface area contributed by atoms with E-state index in [0.29, 0.717) is 18.2 Å². The maximum atomic E-state index is 14.1. The van der Waals surface area contributed by atoms with Gasteiger partial charge in [-0.2, -0.15) is 0 Å². The monoisotopic (exact) mass is 473 g/mol. The number of anilines is 1. The molecule has 0 saturated heterocycles. The number of carbonyl (C=O) groups is 2. The molecule has 1 saturated carbocycles. The number of carbonyl (C=O) groups excluding carboxylic acids is 2. The van der Waals surface area contributed by atoms with E-state index in [2.05, 4.69) is 31.3 Å². The van der Waals surface area contributed by atoms with Crippen molar-refractivity contribution in [2.75, 3.05) is 12.0 Å². The molecule has 6 nitrogen and oxygen atoms in total. The molecule has 0 spiro atoms. The molecule has 1 fully saturated rings. The molecule has 2 aliphatic rings. The molecule has 1 N–H and O–H groups in total. The van der Waals surface area contributed by atoms with Crippen LogP contribution in [0, 0.1) is 0 Å². The minimum atomic E-state index is -1.07. The third kappa shape index (κ3) is 4.09. The van der Waals surface area contributed by atoms with E-state index in [1.54, 1.807) is 12.0 Å². The van der Waals surface area contributed by atoms with Crippen LogP contribution in [0.4, 0.5) is 5.69 Å². The van der Waals surface area contributed by atoms with Crippen molar-refractivity contribution in [2.45, 2.75) is 76.9 Å². The van der Waals surface area contributed by atoms with Crippen LogP contribution in [0.2, 0.25) is 0 Å². The molecule has 2 aromatic carbocycles. The van der Waals surface area contributed by atoms with Gasteiger partial charge in [-0.3, -0.25) is 14.5 Å².